The maximum atomic E-state index is 13.0. The molecule has 3 N–H and O–H groups in total. The number of hydrazone groups is 1. The van der Waals surface area contributed by atoms with Gasteiger partial charge in [-0.15, -0.1) is 0 Å². The molecule has 36 heavy (non-hydrogen) atoms. The quantitative estimate of drug-likeness (QED) is 0.226. The van der Waals surface area contributed by atoms with Gasteiger partial charge in [0, 0.05) is 25.3 Å². The smallest absolute Gasteiger partial charge is 0.287 e. The van der Waals surface area contributed by atoms with Crippen LogP contribution in [-0.4, -0.2) is 43.8 Å². The van der Waals surface area contributed by atoms with Crippen LogP contribution in [0.1, 0.15) is 28.4 Å². The Hall–Kier alpha value is -4.30. The van der Waals surface area contributed by atoms with Crippen LogP contribution in [0.5, 0.6) is 11.5 Å². The number of phenols is 1. The van der Waals surface area contributed by atoms with Crippen LogP contribution in [0.3, 0.4) is 0 Å². The summed E-state index contributed by atoms with van der Waals surface area (Å²) >= 11 is 6.04. The summed E-state index contributed by atoms with van der Waals surface area (Å²) in [6.07, 6.45) is 2.92. The second-order valence-electron chi connectivity index (χ2n) is 7.85. The zero-order valence-electron chi connectivity index (χ0n) is 20.2. The molecule has 0 heterocycles. The SMILES string of the molecule is CCOc1cc(/C=N/NC(=O)/C(=C/c2ccc(N(C)C)cc2)NC(=O)c2ccccc2)cc(Cl)c1O. The highest BCUT2D eigenvalue weighted by Crippen LogP contribution is 2.34. The molecular formula is C27H27ClN4O4. The van der Waals surface area contributed by atoms with E-state index in [0.29, 0.717) is 17.7 Å². The van der Waals surface area contributed by atoms with Crippen LogP contribution >= 0.6 is 11.6 Å². The Bertz CT molecular complexity index is 1270. The standard InChI is InChI=1S/C27H27ClN4O4/c1-4-36-24-16-19(14-22(28)25(24)33)17-29-31-27(35)23(30-26(34)20-8-6-5-7-9-20)15-18-10-12-21(13-11-18)32(2)3/h5-17,33H,4H2,1-3H3,(H,30,34)(H,31,35)/b23-15-,29-17+. The molecule has 9 heteroatoms. The molecule has 0 aromatic heterocycles. The molecule has 0 saturated carbocycles. The van der Waals surface area contributed by atoms with Crippen molar-refractivity contribution in [3.8, 4) is 11.5 Å². The van der Waals surface area contributed by atoms with Crippen LogP contribution in [0, 0.1) is 0 Å². The lowest BCUT2D eigenvalue weighted by Crippen LogP contribution is -2.32. The summed E-state index contributed by atoms with van der Waals surface area (Å²) in [5, 5.41) is 16.7. The third-order valence-corrected chi connectivity index (χ3v) is 5.27. The largest absolute Gasteiger partial charge is 0.503 e. The summed E-state index contributed by atoms with van der Waals surface area (Å²) in [7, 11) is 3.86. The number of amides is 2. The van der Waals surface area contributed by atoms with Crippen molar-refractivity contribution in [3.05, 3.63) is 94.1 Å². The fraction of sp³-hybridized carbons (Fsp3) is 0.148. The van der Waals surface area contributed by atoms with Gasteiger partial charge in [0.05, 0.1) is 17.8 Å². The number of nitrogens with one attached hydrogen (secondary N) is 2. The fourth-order valence-electron chi connectivity index (χ4n) is 3.14. The molecule has 3 rings (SSSR count). The monoisotopic (exact) mass is 506 g/mol. The number of aromatic hydroxyl groups is 1. The van der Waals surface area contributed by atoms with Crippen LogP contribution in [0.25, 0.3) is 6.08 Å². The number of carbonyl (C=O) groups excluding carboxylic acids is 2. The molecule has 0 bridgehead atoms. The first-order chi connectivity index (χ1) is 17.3. The minimum atomic E-state index is -0.623. The van der Waals surface area contributed by atoms with Gasteiger partial charge in [0.15, 0.2) is 11.5 Å². The zero-order chi connectivity index (χ0) is 26.1. The summed E-state index contributed by atoms with van der Waals surface area (Å²) < 4.78 is 5.36. The molecule has 0 unspecified atom stereocenters. The van der Waals surface area contributed by atoms with E-state index in [1.165, 1.54) is 12.3 Å². The summed E-state index contributed by atoms with van der Waals surface area (Å²) in [6, 6.07) is 19.1. The van der Waals surface area contributed by atoms with Crippen LogP contribution < -0.4 is 20.4 Å². The van der Waals surface area contributed by atoms with Gasteiger partial charge in [-0.2, -0.15) is 5.10 Å². The van der Waals surface area contributed by atoms with E-state index in [-0.39, 0.29) is 22.2 Å². The third kappa shape index (κ3) is 7.10. The molecule has 8 nitrogen and oxygen atoms in total. The molecule has 0 aliphatic heterocycles. The predicted molar refractivity (Wildman–Crippen MR) is 143 cm³/mol. The van der Waals surface area contributed by atoms with E-state index in [1.54, 1.807) is 49.4 Å². The number of nitrogens with zero attached hydrogens (tertiary/aromatic N) is 2. The second-order valence-corrected chi connectivity index (χ2v) is 8.25. The van der Waals surface area contributed by atoms with Gasteiger partial charge < -0.3 is 20.1 Å². The number of anilines is 1. The Morgan fingerprint density at radius 2 is 1.75 bits per heavy atom. The van der Waals surface area contributed by atoms with Crippen molar-refractivity contribution < 1.29 is 19.4 Å². The maximum absolute atomic E-state index is 13.0. The summed E-state index contributed by atoms with van der Waals surface area (Å²) in [5.41, 5.74) is 5.05. The van der Waals surface area contributed by atoms with Gasteiger partial charge in [-0.1, -0.05) is 41.9 Å². The Kier molecular flexibility index (Phi) is 9.07. The summed E-state index contributed by atoms with van der Waals surface area (Å²) in [6.45, 7) is 2.12. The average Bonchev–Trinajstić information content (AvgIpc) is 2.87. The Morgan fingerprint density at radius 3 is 2.39 bits per heavy atom. The van der Waals surface area contributed by atoms with Gasteiger partial charge >= 0.3 is 0 Å². The molecule has 0 aliphatic carbocycles. The Labute approximate surface area is 214 Å². The van der Waals surface area contributed by atoms with Crippen molar-refractivity contribution in [2.24, 2.45) is 5.10 Å². The van der Waals surface area contributed by atoms with Crippen LogP contribution in [-0.2, 0) is 4.79 Å². The van der Waals surface area contributed by atoms with Crippen LogP contribution in [0.4, 0.5) is 5.69 Å². The Morgan fingerprint density at radius 1 is 1.06 bits per heavy atom. The van der Waals surface area contributed by atoms with Crippen molar-refractivity contribution in [3.63, 3.8) is 0 Å². The molecule has 0 radical (unpaired) electrons. The highest BCUT2D eigenvalue weighted by atomic mass is 35.5. The summed E-state index contributed by atoms with van der Waals surface area (Å²) in [5.74, 6) is -1.02. The van der Waals surface area contributed by atoms with Crippen molar-refractivity contribution in [1.82, 2.24) is 10.7 Å². The maximum Gasteiger partial charge on any atom is 0.287 e. The van der Waals surface area contributed by atoms with Gasteiger partial charge in [-0.25, -0.2) is 5.43 Å². The van der Waals surface area contributed by atoms with Crippen molar-refractivity contribution in [2.75, 3.05) is 25.6 Å². The highest BCUT2D eigenvalue weighted by molar-refractivity contribution is 6.32. The number of phenolic OH excluding ortho intramolecular Hbond substituents is 1. The van der Waals surface area contributed by atoms with Gasteiger partial charge in [0.1, 0.15) is 5.70 Å². The van der Waals surface area contributed by atoms with E-state index < -0.39 is 11.8 Å². The lowest BCUT2D eigenvalue weighted by Gasteiger charge is -2.12. The Balaban J connectivity index is 1.83. The highest BCUT2D eigenvalue weighted by Gasteiger charge is 2.15. The molecule has 3 aromatic carbocycles. The van der Waals surface area contributed by atoms with Crippen LogP contribution in [0.15, 0.2) is 77.5 Å². The molecule has 186 valence electrons. The van der Waals surface area contributed by atoms with Crippen molar-refractivity contribution >= 4 is 41.4 Å². The molecule has 0 atom stereocenters. The second kappa shape index (κ2) is 12.4. The van der Waals surface area contributed by atoms with E-state index >= 15 is 0 Å². The number of rotatable bonds is 9. The lowest BCUT2D eigenvalue weighted by atomic mass is 10.1. The minimum Gasteiger partial charge on any atom is -0.503 e. The van der Waals surface area contributed by atoms with Gasteiger partial charge in [0.2, 0.25) is 0 Å². The van der Waals surface area contributed by atoms with Gasteiger partial charge in [0.25, 0.3) is 11.8 Å². The van der Waals surface area contributed by atoms with E-state index in [2.05, 4.69) is 15.8 Å². The van der Waals surface area contributed by atoms with E-state index in [1.807, 2.05) is 43.3 Å². The van der Waals surface area contributed by atoms with E-state index in [9.17, 15) is 14.7 Å². The van der Waals surface area contributed by atoms with Gasteiger partial charge in [-0.05, 0) is 60.5 Å². The number of ether oxygens (including phenoxy) is 1. The topological polar surface area (TPSA) is 103 Å². The molecule has 2 amide bonds. The summed E-state index contributed by atoms with van der Waals surface area (Å²) in [4.78, 5) is 27.6. The zero-order valence-corrected chi connectivity index (χ0v) is 20.9. The lowest BCUT2D eigenvalue weighted by molar-refractivity contribution is -0.117. The first kappa shape index (κ1) is 26.3. The predicted octanol–water partition coefficient (Wildman–Crippen LogP) is 4.43. The van der Waals surface area contributed by atoms with Crippen LogP contribution in [0.2, 0.25) is 5.02 Å². The minimum absolute atomic E-state index is 0.0114. The molecule has 0 spiro atoms. The first-order valence-corrected chi connectivity index (χ1v) is 11.5. The fourth-order valence-corrected chi connectivity index (χ4v) is 3.36. The average molecular weight is 507 g/mol. The number of hydrogen-bond donors (Lipinski definition) is 3. The van der Waals surface area contributed by atoms with Gasteiger partial charge in [-0.3, -0.25) is 9.59 Å². The molecule has 0 aliphatic rings. The van der Waals surface area contributed by atoms with Crippen molar-refractivity contribution in [1.29, 1.82) is 0 Å². The van der Waals surface area contributed by atoms with E-state index in [0.717, 1.165) is 11.3 Å². The van der Waals surface area contributed by atoms with Crippen molar-refractivity contribution in [2.45, 2.75) is 6.92 Å². The molecule has 0 saturated heterocycles. The normalized spacial score (nSPS) is 11.3. The first-order valence-electron chi connectivity index (χ1n) is 11.1. The molecular weight excluding hydrogens is 480 g/mol. The molecule has 3 aromatic rings. The number of benzene rings is 3. The third-order valence-electron chi connectivity index (χ3n) is 4.98. The van der Waals surface area contributed by atoms with E-state index in [4.69, 9.17) is 16.3 Å². The number of carbonyl (C=O) groups is 2. The molecule has 0 fully saturated rings. The number of hydrogen-bond acceptors (Lipinski definition) is 6. The number of halogens is 1.